The molecule has 4 heteroatoms. The molecule has 0 spiro atoms. The smallest absolute Gasteiger partial charge is 0.338 e. The normalized spacial score (nSPS) is 13.1. The van der Waals surface area contributed by atoms with E-state index in [0.717, 1.165) is 12.0 Å². The van der Waals surface area contributed by atoms with Crippen molar-refractivity contribution in [1.82, 2.24) is 4.90 Å². The van der Waals surface area contributed by atoms with E-state index in [2.05, 4.69) is 12.1 Å². The molecule has 1 amide bonds. The van der Waals surface area contributed by atoms with Crippen molar-refractivity contribution in [3.8, 4) is 0 Å². The minimum Gasteiger partial charge on any atom is -0.456 e. The van der Waals surface area contributed by atoms with Crippen molar-refractivity contribution >= 4 is 11.9 Å². The second-order valence-electron chi connectivity index (χ2n) is 7.78. The molecule has 28 heavy (non-hydrogen) atoms. The fourth-order valence-corrected chi connectivity index (χ4v) is 3.16. The van der Waals surface area contributed by atoms with Gasteiger partial charge in [0.1, 0.15) is 5.60 Å². The number of amides is 1. The zero-order valence-corrected chi connectivity index (χ0v) is 17.8. The third-order valence-electron chi connectivity index (χ3n) is 4.52. The molecule has 0 aliphatic carbocycles. The fraction of sp³-hybridized carbons (Fsp3) is 0.417. The fourth-order valence-electron chi connectivity index (χ4n) is 3.16. The Morgan fingerprint density at radius 3 is 2.29 bits per heavy atom. The van der Waals surface area contributed by atoms with Gasteiger partial charge in [-0.3, -0.25) is 4.79 Å². The van der Waals surface area contributed by atoms with Gasteiger partial charge in [0.05, 0.1) is 5.56 Å². The minimum absolute atomic E-state index is 0.0394. The Bertz CT molecular complexity index is 849. The largest absolute Gasteiger partial charge is 0.456 e. The van der Waals surface area contributed by atoms with Crippen LogP contribution >= 0.6 is 0 Å². The lowest BCUT2D eigenvalue weighted by molar-refractivity contribution is 0.00695. The Labute approximate surface area is 168 Å². The molecule has 1 aliphatic rings. The van der Waals surface area contributed by atoms with Crippen molar-refractivity contribution in [2.24, 2.45) is 0 Å². The van der Waals surface area contributed by atoms with Crippen LogP contribution in [0.2, 0.25) is 0 Å². The molecule has 1 aliphatic heterocycles. The third kappa shape index (κ3) is 5.22. The number of hydrogen-bond acceptors (Lipinski definition) is 3. The monoisotopic (exact) mass is 381 g/mol. The molecule has 0 bridgehead atoms. The number of ether oxygens (including phenoxy) is 1. The van der Waals surface area contributed by atoms with E-state index in [4.69, 9.17) is 4.74 Å². The van der Waals surface area contributed by atoms with Gasteiger partial charge in [-0.2, -0.15) is 0 Å². The lowest BCUT2D eigenvalue weighted by Gasteiger charge is -2.29. The molecular formula is C24H31NO3. The second-order valence-corrected chi connectivity index (χ2v) is 7.78. The van der Waals surface area contributed by atoms with Gasteiger partial charge in [-0.05, 0) is 62.9 Å². The van der Waals surface area contributed by atoms with Crippen molar-refractivity contribution < 1.29 is 14.3 Å². The molecule has 3 rings (SSSR count). The summed E-state index contributed by atoms with van der Waals surface area (Å²) in [6, 6.07) is 13.4. The summed E-state index contributed by atoms with van der Waals surface area (Å²) in [4.78, 5) is 27.3. The molecule has 1 heterocycles. The zero-order valence-electron chi connectivity index (χ0n) is 17.8. The van der Waals surface area contributed by atoms with Gasteiger partial charge < -0.3 is 9.64 Å². The first kappa shape index (κ1) is 21.7. The highest BCUT2D eigenvalue weighted by molar-refractivity contribution is 5.99. The lowest BCUT2D eigenvalue weighted by atomic mass is 9.98. The van der Waals surface area contributed by atoms with Crippen LogP contribution in [0.4, 0.5) is 0 Å². The molecule has 0 N–H and O–H groups in total. The summed E-state index contributed by atoms with van der Waals surface area (Å²) < 4.78 is 5.43. The van der Waals surface area contributed by atoms with E-state index >= 15 is 0 Å². The van der Waals surface area contributed by atoms with Crippen LogP contribution in [0.5, 0.6) is 0 Å². The van der Waals surface area contributed by atoms with E-state index in [1.54, 1.807) is 12.1 Å². The Morgan fingerprint density at radius 1 is 1.00 bits per heavy atom. The molecule has 0 saturated heterocycles. The molecule has 0 saturated carbocycles. The van der Waals surface area contributed by atoms with E-state index in [1.807, 2.05) is 64.6 Å². The molecule has 0 unspecified atom stereocenters. The van der Waals surface area contributed by atoms with Crippen LogP contribution in [0.25, 0.3) is 0 Å². The molecule has 0 radical (unpaired) electrons. The number of nitrogens with zero attached hydrogens (tertiary/aromatic N) is 1. The number of carbonyl (C=O) groups excluding carboxylic acids is 2. The van der Waals surface area contributed by atoms with Gasteiger partial charge in [0.15, 0.2) is 0 Å². The number of hydrogen-bond donors (Lipinski definition) is 0. The molecule has 2 aromatic rings. The summed E-state index contributed by atoms with van der Waals surface area (Å²) >= 11 is 0. The van der Waals surface area contributed by atoms with Crippen molar-refractivity contribution in [1.29, 1.82) is 0 Å². The van der Waals surface area contributed by atoms with E-state index in [0.29, 0.717) is 24.2 Å². The predicted molar refractivity (Wildman–Crippen MR) is 113 cm³/mol. The van der Waals surface area contributed by atoms with Crippen LogP contribution in [0.3, 0.4) is 0 Å². The van der Waals surface area contributed by atoms with Crippen molar-refractivity contribution in [2.75, 3.05) is 6.54 Å². The van der Waals surface area contributed by atoms with Gasteiger partial charge in [-0.25, -0.2) is 4.79 Å². The van der Waals surface area contributed by atoms with Gasteiger partial charge in [0.25, 0.3) is 5.91 Å². The number of aryl methyl sites for hydroxylation is 1. The summed E-state index contributed by atoms with van der Waals surface area (Å²) in [5.74, 6) is -0.446. The SMILES string of the molecule is CC.Cc1ccc(C(=O)OC(C)(C)C)cc1C(=O)N1CCc2ccccc2C1. The maximum absolute atomic E-state index is 13.1. The Balaban J connectivity index is 0.00000136. The average Bonchev–Trinajstić information content (AvgIpc) is 2.67. The molecule has 0 atom stereocenters. The van der Waals surface area contributed by atoms with Crippen LogP contribution < -0.4 is 0 Å². The van der Waals surface area contributed by atoms with Crippen LogP contribution in [0, 0.1) is 6.92 Å². The van der Waals surface area contributed by atoms with Crippen LogP contribution in [-0.4, -0.2) is 28.9 Å². The molecule has 4 nitrogen and oxygen atoms in total. The molecule has 0 fully saturated rings. The number of carbonyl (C=O) groups is 2. The molecule has 150 valence electrons. The van der Waals surface area contributed by atoms with Crippen LogP contribution in [0.1, 0.15) is 72.0 Å². The highest BCUT2D eigenvalue weighted by Crippen LogP contribution is 2.22. The summed E-state index contributed by atoms with van der Waals surface area (Å²) in [6.45, 7) is 12.7. The van der Waals surface area contributed by atoms with Gasteiger partial charge in [0, 0.05) is 18.7 Å². The first-order valence-corrected chi connectivity index (χ1v) is 9.95. The summed E-state index contributed by atoms with van der Waals surface area (Å²) in [5.41, 5.74) is 3.76. The number of rotatable bonds is 2. The predicted octanol–water partition coefficient (Wildman–Crippen LogP) is 5.18. The average molecular weight is 382 g/mol. The number of fused-ring (bicyclic) bond motifs is 1. The quantitative estimate of drug-likeness (QED) is 0.674. The number of esters is 1. The minimum atomic E-state index is -0.567. The van der Waals surface area contributed by atoms with Gasteiger partial charge in [-0.15, -0.1) is 0 Å². The van der Waals surface area contributed by atoms with Gasteiger partial charge in [0.2, 0.25) is 0 Å². The van der Waals surface area contributed by atoms with E-state index in [9.17, 15) is 9.59 Å². The van der Waals surface area contributed by atoms with E-state index < -0.39 is 11.6 Å². The second kappa shape index (κ2) is 9.05. The summed E-state index contributed by atoms with van der Waals surface area (Å²) in [5, 5.41) is 0. The topological polar surface area (TPSA) is 46.6 Å². The van der Waals surface area contributed by atoms with Crippen LogP contribution in [-0.2, 0) is 17.7 Å². The number of benzene rings is 2. The van der Waals surface area contributed by atoms with E-state index in [1.165, 1.54) is 11.1 Å². The highest BCUT2D eigenvalue weighted by Gasteiger charge is 2.24. The van der Waals surface area contributed by atoms with E-state index in [-0.39, 0.29) is 5.91 Å². The Hall–Kier alpha value is -2.62. The van der Waals surface area contributed by atoms with Gasteiger partial charge >= 0.3 is 5.97 Å². The highest BCUT2D eigenvalue weighted by atomic mass is 16.6. The van der Waals surface area contributed by atoms with Crippen LogP contribution in [0.15, 0.2) is 42.5 Å². The first-order chi connectivity index (χ1) is 13.2. The molecule has 2 aromatic carbocycles. The third-order valence-corrected chi connectivity index (χ3v) is 4.52. The summed E-state index contributed by atoms with van der Waals surface area (Å²) in [6.07, 6.45) is 0.854. The van der Waals surface area contributed by atoms with Crippen molar-refractivity contribution in [3.05, 3.63) is 70.3 Å². The first-order valence-electron chi connectivity index (χ1n) is 9.95. The maximum Gasteiger partial charge on any atom is 0.338 e. The van der Waals surface area contributed by atoms with Gasteiger partial charge in [-0.1, -0.05) is 44.2 Å². The maximum atomic E-state index is 13.1. The molecule has 0 aromatic heterocycles. The van der Waals surface area contributed by atoms with Crippen molar-refractivity contribution in [3.63, 3.8) is 0 Å². The lowest BCUT2D eigenvalue weighted by Crippen LogP contribution is -2.36. The standard InChI is InChI=1S/C22H25NO3.C2H6/c1-15-9-10-17(21(25)26-22(2,3)4)13-19(15)20(24)23-12-11-16-7-5-6-8-18(16)14-23;1-2/h5-10,13H,11-12,14H2,1-4H3;1-2H3. The molecular weight excluding hydrogens is 350 g/mol. The van der Waals surface area contributed by atoms with Crippen molar-refractivity contribution in [2.45, 2.75) is 60.1 Å². The zero-order chi connectivity index (χ0) is 20.9. The summed E-state index contributed by atoms with van der Waals surface area (Å²) in [7, 11) is 0. The Morgan fingerprint density at radius 2 is 1.64 bits per heavy atom. The Kier molecular flexibility index (Phi) is 7.00.